The number of allylic oxidation sites excluding steroid dienone is 2. The molecule has 0 radical (unpaired) electrons. The van der Waals surface area contributed by atoms with Gasteiger partial charge in [-0.25, -0.2) is 8.78 Å². The lowest BCUT2D eigenvalue weighted by Crippen LogP contribution is -2.52. The predicted octanol–water partition coefficient (Wildman–Crippen LogP) is 7.91. The molecule has 3 aromatic rings. The second kappa shape index (κ2) is 17.1. The molecule has 0 saturated carbocycles. The maximum atomic E-state index is 14.1. The van der Waals surface area contributed by atoms with Crippen LogP contribution in [0.25, 0.3) is 5.57 Å². The van der Waals surface area contributed by atoms with E-state index in [4.69, 9.17) is 25.8 Å². The van der Waals surface area contributed by atoms with Gasteiger partial charge in [0.25, 0.3) is 0 Å². The zero-order chi connectivity index (χ0) is 37.6. The van der Waals surface area contributed by atoms with Gasteiger partial charge in [-0.1, -0.05) is 74.4 Å². The van der Waals surface area contributed by atoms with Crippen LogP contribution in [-0.2, 0) is 22.7 Å². The van der Waals surface area contributed by atoms with E-state index < -0.39 is 34.7 Å². The minimum Gasteiger partial charge on any atom is -0.488 e. The zero-order valence-corrected chi connectivity index (χ0v) is 31.2. The number of hydrogen-bond acceptors (Lipinski definition) is 7. The highest BCUT2D eigenvalue weighted by atomic mass is 35.5. The fraction of sp³-hybridized carbons (Fsp3) is 0.452. The van der Waals surface area contributed by atoms with Crippen LogP contribution in [0.3, 0.4) is 0 Å². The van der Waals surface area contributed by atoms with Crippen LogP contribution in [0.1, 0.15) is 62.6 Å². The average Bonchev–Trinajstić information content (AvgIpc) is 3.54. The quantitative estimate of drug-likeness (QED) is 0.152. The number of piperidine rings is 1. The van der Waals surface area contributed by atoms with E-state index in [1.165, 1.54) is 12.1 Å². The Labute approximate surface area is 315 Å². The van der Waals surface area contributed by atoms with Gasteiger partial charge in [-0.3, -0.25) is 9.69 Å². The number of carbonyl (C=O) groups is 1. The number of halogens is 3. The third-order valence-corrected chi connectivity index (χ3v) is 11.1. The molecule has 3 atom stereocenters. The van der Waals surface area contributed by atoms with E-state index >= 15 is 0 Å². The van der Waals surface area contributed by atoms with E-state index in [0.29, 0.717) is 53.8 Å². The lowest BCUT2D eigenvalue weighted by atomic mass is 9.65. The molecule has 2 saturated heterocycles. The third kappa shape index (κ3) is 9.30. The van der Waals surface area contributed by atoms with Gasteiger partial charge < -0.3 is 29.3 Å². The van der Waals surface area contributed by atoms with Crippen molar-refractivity contribution in [3.8, 4) is 11.5 Å². The summed E-state index contributed by atoms with van der Waals surface area (Å²) in [6.45, 7) is 7.90. The summed E-state index contributed by atoms with van der Waals surface area (Å²) < 4.78 is 47.8. The fourth-order valence-electron chi connectivity index (χ4n) is 7.74. The predicted molar refractivity (Wildman–Crippen MR) is 201 cm³/mol. The van der Waals surface area contributed by atoms with Gasteiger partial charge in [-0.15, -0.1) is 0 Å². The standard InChI is InChI=1S/C42H49ClF2N2O6/c1-41(2)35(30-10-4-3-5-11-30)12-8-15-42(41,53-19-9-16-46-18-14-34(48)26-46)28-52-39-24-38(51-27-29-20-32(44)23-33(45)21-29)31(22-36(39)43)25-47-17-7-6-13-37(47)40(49)50/h3-5,8,10-12,15,20-24,34,37,48H,6-7,9,13-14,16-19,25-28H2,1-2H3,(H,49,50)/t34-,37+,42?/m1/s1. The molecule has 2 heterocycles. The molecule has 1 unspecified atom stereocenters. The Hall–Kier alpha value is -3.80. The Kier molecular flexibility index (Phi) is 12.6. The van der Waals surface area contributed by atoms with Crippen LogP contribution in [0.4, 0.5) is 8.78 Å². The molecule has 3 aromatic carbocycles. The van der Waals surface area contributed by atoms with Gasteiger partial charge in [0.2, 0.25) is 0 Å². The smallest absolute Gasteiger partial charge is 0.320 e. The van der Waals surface area contributed by atoms with Crippen molar-refractivity contribution in [2.75, 3.05) is 39.4 Å². The molecule has 2 aliphatic heterocycles. The van der Waals surface area contributed by atoms with Crippen LogP contribution in [-0.4, -0.2) is 83.1 Å². The van der Waals surface area contributed by atoms with Gasteiger partial charge in [0, 0.05) is 55.9 Å². The van der Waals surface area contributed by atoms with E-state index in [2.05, 4.69) is 37.0 Å². The summed E-state index contributed by atoms with van der Waals surface area (Å²) >= 11 is 6.94. The molecule has 6 rings (SSSR count). The molecule has 1 aliphatic carbocycles. The fourth-order valence-corrected chi connectivity index (χ4v) is 7.98. The third-order valence-electron chi connectivity index (χ3n) is 10.8. The molecular weight excluding hydrogens is 702 g/mol. The van der Waals surface area contributed by atoms with Crippen molar-refractivity contribution < 1.29 is 38.0 Å². The summed E-state index contributed by atoms with van der Waals surface area (Å²) in [5.41, 5.74) is 1.64. The van der Waals surface area contributed by atoms with Gasteiger partial charge in [0.15, 0.2) is 0 Å². The maximum Gasteiger partial charge on any atom is 0.320 e. The van der Waals surface area contributed by atoms with Crippen LogP contribution >= 0.6 is 11.6 Å². The minimum absolute atomic E-state index is 0.101. The van der Waals surface area contributed by atoms with Gasteiger partial charge >= 0.3 is 5.97 Å². The first-order valence-corrected chi connectivity index (χ1v) is 18.8. The van der Waals surface area contributed by atoms with Crippen LogP contribution in [0.15, 0.2) is 78.9 Å². The van der Waals surface area contributed by atoms with Crippen molar-refractivity contribution >= 4 is 23.1 Å². The number of β-amino-alcohol motifs (C(OH)–C–C–N with tert-alkyl or cyclic N) is 1. The Morgan fingerprint density at radius 2 is 1.75 bits per heavy atom. The number of nitrogens with zero attached hydrogens (tertiary/aromatic N) is 2. The monoisotopic (exact) mass is 750 g/mol. The molecule has 0 bridgehead atoms. The van der Waals surface area contributed by atoms with E-state index in [1.807, 2.05) is 35.3 Å². The second-order valence-electron chi connectivity index (χ2n) is 14.8. The molecule has 0 aromatic heterocycles. The van der Waals surface area contributed by atoms with Crippen molar-refractivity contribution in [1.29, 1.82) is 0 Å². The molecule has 53 heavy (non-hydrogen) atoms. The summed E-state index contributed by atoms with van der Waals surface area (Å²) in [7, 11) is 0. The number of ether oxygens (including phenoxy) is 3. The summed E-state index contributed by atoms with van der Waals surface area (Å²) in [5.74, 6) is -1.61. The molecular formula is C42H49ClF2N2O6. The molecule has 2 fully saturated rings. The second-order valence-corrected chi connectivity index (χ2v) is 15.2. The van der Waals surface area contributed by atoms with Crippen molar-refractivity contribution in [3.63, 3.8) is 0 Å². The lowest BCUT2D eigenvalue weighted by molar-refractivity contribution is -0.144. The highest BCUT2D eigenvalue weighted by Crippen LogP contribution is 2.49. The van der Waals surface area contributed by atoms with Crippen LogP contribution < -0.4 is 9.47 Å². The Morgan fingerprint density at radius 3 is 2.47 bits per heavy atom. The number of likely N-dealkylation sites (tertiary alicyclic amines) is 2. The molecule has 11 heteroatoms. The van der Waals surface area contributed by atoms with Crippen molar-refractivity contribution in [1.82, 2.24) is 9.80 Å². The Morgan fingerprint density at radius 1 is 0.981 bits per heavy atom. The normalized spacial score (nSPS) is 23.2. The molecule has 0 spiro atoms. The number of rotatable bonds is 15. The number of hydrogen-bond donors (Lipinski definition) is 2. The molecule has 8 nitrogen and oxygen atoms in total. The van der Waals surface area contributed by atoms with Gasteiger partial charge in [-0.05, 0) is 73.2 Å². The van der Waals surface area contributed by atoms with Gasteiger partial charge in [-0.2, -0.15) is 0 Å². The average molecular weight is 751 g/mol. The Bertz CT molecular complexity index is 1780. The first kappa shape index (κ1) is 38.9. The molecule has 3 aliphatic rings. The van der Waals surface area contributed by atoms with E-state index in [9.17, 15) is 23.8 Å². The van der Waals surface area contributed by atoms with Gasteiger partial charge in [0.1, 0.15) is 48.0 Å². The lowest BCUT2D eigenvalue weighted by Gasteiger charge is -2.47. The first-order chi connectivity index (χ1) is 25.4. The highest BCUT2D eigenvalue weighted by Gasteiger charge is 2.49. The number of carboxylic acids is 1. The van der Waals surface area contributed by atoms with E-state index in [0.717, 1.165) is 56.0 Å². The zero-order valence-electron chi connectivity index (χ0n) is 30.4. The van der Waals surface area contributed by atoms with Crippen molar-refractivity contribution in [2.45, 2.75) is 76.9 Å². The highest BCUT2D eigenvalue weighted by molar-refractivity contribution is 6.32. The van der Waals surface area contributed by atoms with Gasteiger partial charge in [0.05, 0.1) is 11.1 Å². The number of carboxylic acid groups (broad SMARTS) is 1. The topological polar surface area (TPSA) is 91.7 Å². The number of aliphatic carboxylic acids is 1. The number of benzene rings is 3. The summed E-state index contributed by atoms with van der Waals surface area (Å²) in [6.07, 6.45) is 9.64. The molecule has 0 amide bonds. The maximum absolute atomic E-state index is 14.1. The summed E-state index contributed by atoms with van der Waals surface area (Å²) in [5, 5.41) is 20.2. The summed E-state index contributed by atoms with van der Waals surface area (Å²) in [4.78, 5) is 16.3. The Balaban J connectivity index is 1.28. The van der Waals surface area contributed by atoms with Crippen molar-refractivity contribution in [3.05, 3.63) is 112 Å². The molecule has 2 N–H and O–H groups in total. The van der Waals surface area contributed by atoms with Crippen molar-refractivity contribution in [2.24, 2.45) is 5.41 Å². The molecule has 284 valence electrons. The SMILES string of the molecule is CC1(C)C(c2ccccc2)=CC=CC1(COc1cc(OCc2cc(F)cc(F)c2)c(CN2CCCC[C@H]2C(=O)O)cc1Cl)OCCCN1CC[C@@H](O)C1. The van der Waals surface area contributed by atoms with Crippen LogP contribution in [0.2, 0.25) is 5.02 Å². The summed E-state index contributed by atoms with van der Waals surface area (Å²) in [6, 6.07) is 16.1. The largest absolute Gasteiger partial charge is 0.488 e. The van der Waals surface area contributed by atoms with E-state index in [1.54, 1.807) is 12.1 Å². The first-order valence-electron chi connectivity index (χ1n) is 18.4. The van der Waals surface area contributed by atoms with E-state index in [-0.39, 0.29) is 25.9 Å². The van der Waals surface area contributed by atoms with Crippen LogP contribution in [0, 0.1) is 17.0 Å². The number of aliphatic hydroxyl groups excluding tert-OH is 1. The number of aliphatic hydroxyl groups is 1. The van der Waals surface area contributed by atoms with Crippen LogP contribution in [0.5, 0.6) is 11.5 Å². The minimum atomic E-state index is -0.915.